The number of aromatic nitrogens is 3. The summed E-state index contributed by atoms with van der Waals surface area (Å²) in [6.07, 6.45) is -0.278. The summed E-state index contributed by atoms with van der Waals surface area (Å²) in [5, 5.41) is 12.6. The molecule has 1 fully saturated rings. The normalized spacial score (nSPS) is 14.7. The van der Waals surface area contributed by atoms with Crippen molar-refractivity contribution in [1.82, 2.24) is 14.8 Å². The van der Waals surface area contributed by atoms with Crippen LogP contribution in [-0.2, 0) is 16.1 Å². The topological polar surface area (TPSA) is 81.5 Å². The van der Waals surface area contributed by atoms with Gasteiger partial charge in [-0.15, -0.1) is 10.2 Å². The molecule has 1 aromatic heterocycles. The quantitative estimate of drug-likeness (QED) is 0.311. The number of carbonyl (C=O) groups excluding carboxylic acids is 1. The molecule has 0 bridgehead atoms. The zero-order valence-corrected chi connectivity index (χ0v) is 23.8. The zero-order chi connectivity index (χ0) is 27.1. The molecule has 1 aliphatic heterocycles. The predicted octanol–water partition coefficient (Wildman–Crippen LogP) is 5.76. The summed E-state index contributed by atoms with van der Waals surface area (Å²) >= 11 is 1.39. The van der Waals surface area contributed by atoms with E-state index in [1.165, 1.54) is 17.3 Å². The van der Waals surface area contributed by atoms with Gasteiger partial charge in [0.15, 0.2) is 17.1 Å². The lowest BCUT2D eigenvalue weighted by Crippen LogP contribution is -2.36. The third kappa shape index (κ3) is 7.51. The van der Waals surface area contributed by atoms with Crippen molar-refractivity contribution in [1.29, 1.82) is 0 Å². The van der Waals surface area contributed by atoms with Crippen LogP contribution in [0, 0.1) is 5.92 Å². The number of carbonyl (C=O) groups is 1. The van der Waals surface area contributed by atoms with E-state index in [0.717, 1.165) is 61.0 Å². The van der Waals surface area contributed by atoms with Crippen LogP contribution in [0.15, 0.2) is 53.7 Å². The molecule has 38 heavy (non-hydrogen) atoms. The van der Waals surface area contributed by atoms with Crippen molar-refractivity contribution in [2.45, 2.75) is 58.3 Å². The Balaban J connectivity index is 1.36. The number of morpholine rings is 1. The number of anilines is 2. The smallest absolute Gasteiger partial charge is 0.234 e. The van der Waals surface area contributed by atoms with E-state index in [-0.39, 0.29) is 17.8 Å². The highest BCUT2D eigenvalue weighted by atomic mass is 32.2. The number of amides is 1. The van der Waals surface area contributed by atoms with Gasteiger partial charge in [-0.3, -0.25) is 4.79 Å². The summed E-state index contributed by atoms with van der Waals surface area (Å²) in [5.74, 6) is 2.59. The highest BCUT2D eigenvalue weighted by molar-refractivity contribution is 7.99. The van der Waals surface area contributed by atoms with Gasteiger partial charge >= 0.3 is 0 Å². The lowest BCUT2D eigenvalue weighted by molar-refractivity contribution is -0.113. The molecule has 1 N–H and O–H groups in total. The van der Waals surface area contributed by atoms with Gasteiger partial charge < -0.3 is 24.3 Å². The molecule has 8 nitrogen and oxygen atoms in total. The van der Waals surface area contributed by atoms with Gasteiger partial charge in [0.2, 0.25) is 5.91 Å². The fraction of sp³-hybridized carbons (Fsp3) is 0.483. The summed E-state index contributed by atoms with van der Waals surface area (Å²) < 4.78 is 13.7. The Hall–Kier alpha value is -3.04. The van der Waals surface area contributed by atoms with Gasteiger partial charge in [-0.05, 0) is 60.7 Å². The van der Waals surface area contributed by atoms with Gasteiger partial charge in [-0.1, -0.05) is 51.6 Å². The molecule has 4 rings (SSSR count). The van der Waals surface area contributed by atoms with Crippen LogP contribution in [0.25, 0.3) is 0 Å². The zero-order valence-electron chi connectivity index (χ0n) is 23.0. The molecular formula is C29H39N5O3S. The summed E-state index contributed by atoms with van der Waals surface area (Å²) in [6.45, 7) is 14.6. The molecule has 204 valence electrons. The van der Waals surface area contributed by atoms with Gasteiger partial charge in [0.05, 0.1) is 19.0 Å². The molecule has 1 amide bonds. The number of hydrogen-bond donors (Lipinski definition) is 1. The maximum absolute atomic E-state index is 12.7. The highest BCUT2D eigenvalue weighted by Crippen LogP contribution is 2.27. The molecule has 1 unspecified atom stereocenters. The van der Waals surface area contributed by atoms with Crippen LogP contribution in [0.4, 0.5) is 11.4 Å². The molecule has 0 aliphatic carbocycles. The van der Waals surface area contributed by atoms with E-state index in [4.69, 9.17) is 9.47 Å². The number of ether oxygens (including phenoxy) is 2. The van der Waals surface area contributed by atoms with Gasteiger partial charge in [0.25, 0.3) is 0 Å². The lowest BCUT2D eigenvalue weighted by Gasteiger charge is -2.28. The summed E-state index contributed by atoms with van der Waals surface area (Å²) in [7, 11) is 0. The SMILES string of the molecule is CC(C)Cn1c(SCC(=O)Nc2ccc(N3CCOCC3)cc2)nnc1C(C)Oc1ccc(C(C)C)cc1. The fourth-order valence-electron chi connectivity index (χ4n) is 4.34. The average molecular weight is 538 g/mol. The first-order chi connectivity index (χ1) is 18.3. The first-order valence-corrected chi connectivity index (χ1v) is 14.3. The lowest BCUT2D eigenvalue weighted by atomic mass is 10.0. The van der Waals surface area contributed by atoms with E-state index in [0.29, 0.717) is 11.8 Å². The molecule has 1 atom stereocenters. The van der Waals surface area contributed by atoms with Gasteiger partial charge in [0.1, 0.15) is 5.75 Å². The van der Waals surface area contributed by atoms with E-state index < -0.39 is 0 Å². The minimum atomic E-state index is -0.278. The number of nitrogens with zero attached hydrogens (tertiary/aromatic N) is 4. The van der Waals surface area contributed by atoms with E-state index >= 15 is 0 Å². The van der Waals surface area contributed by atoms with Gasteiger partial charge in [-0.25, -0.2) is 0 Å². The predicted molar refractivity (Wildman–Crippen MR) is 153 cm³/mol. The number of hydrogen-bond acceptors (Lipinski definition) is 7. The van der Waals surface area contributed by atoms with Crippen LogP contribution in [-0.4, -0.2) is 52.7 Å². The second-order valence-electron chi connectivity index (χ2n) is 10.3. The molecule has 0 radical (unpaired) electrons. The Morgan fingerprint density at radius 2 is 1.68 bits per heavy atom. The van der Waals surface area contributed by atoms with E-state index in [1.54, 1.807) is 0 Å². The summed E-state index contributed by atoms with van der Waals surface area (Å²) in [5.41, 5.74) is 3.20. The van der Waals surface area contributed by atoms with Crippen LogP contribution in [0.5, 0.6) is 5.75 Å². The van der Waals surface area contributed by atoms with E-state index in [1.807, 2.05) is 43.3 Å². The van der Waals surface area contributed by atoms with Crippen LogP contribution in [0.3, 0.4) is 0 Å². The Morgan fingerprint density at radius 3 is 2.32 bits per heavy atom. The van der Waals surface area contributed by atoms with Crippen LogP contribution < -0.4 is 15.0 Å². The highest BCUT2D eigenvalue weighted by Gasteiger charge is 2.21. The average Bonchev–Trinajstić information content (AvgIpc) is 3.30. The molecule has 2 heterocycles. The third-order valence-electron chi connectivity index (χ3n) is 6.38. The fourth-order valence-corrected chi connectivity index (χ4v) is 5.09. The van der Waals surface area contributed by atoms with Crippen molar-refractivity contribution in [3.63, 3.8) is 0 Å². The third-order valence-corrected chi connectivity index (χ3v) is 7.34. The summed E-state index contributed by atoms with van der Waals surface area (Å²) in [4.78, 5) is 15.0. The number of benzene rings is 2. The molecule has 2 aromatic carbocycles. The monoisotopic (exact) mass is 537 g/mol. The first-order valence-electron chi connectivity index (χ1n) is 13.3. The van der Waals surface area contributed by atoms with E-state index in [9.17, 15) is 4.79 Å². The van der Waals surface area contributed by atoms with Crippen molar-refractivity contribution >= 4 is 29.0 Å². The largest absolute Gasteiger partial charge is 0.483 e. The second kappa shape index (κ2) is 13.2. The maximum atomic E-state index is 12.7. The van der Waals surface area contributed by atoms with Crippen LogP contribution in [0.1, 0.15) is 58.0 Å². The Kier molecular flexibility index (Phi) is 9.69. The Bertz CT molecular complexity index is 1170. The van der Waals surface area contributed by atoms with Crippen molar-refractivity contribution in [2.75, 3.05) is 42.3 Å². The van der Waals surface area contributed by atoms with Crippen molar-refractivity contribution in [3.8, 4) is 5.75 Å². The minimum absolute atomic E-state index is 0.0793. The number of thioether (sulfide) groups is 1. The number of rotatable bonds is 11. The minimum Gasteiger partial charge on any atom is -0.483 e. The molecule has 1 aliphatic rings. The first kappa shape index (κ1) is 28.0. The Labute approximate surface area is 230 Å². The van der Waals surface area contributed by atoms with Crippen LogP contribution >= 0.6 is 11.8 Å². The standard InChI is InChI=1S/C29H39N5O3S/c1-20(2)18-34-28(22(5)37-26-12-6-23(7-13-26)21(3)4)31-32-29(34)38-19-27(35)30-24-8-10-25(11-9-24)33-14-16-36-17-15-33/h6-13,20-22H,14-19H2,1-5H3,(H,30,35). The molecule has 0 saturated carbocycles. The molecule has 1 saturated heterocycles. The van der Waals surface area contributed by atoms with Gasteiger partial charge in [-0.2, -0.15) is 0 Å². The second-order valence-corrected chi connectivity index (χ2v) is 11.3. The Morgan fingerprint density at radius 1 is 1.00 bits per heavy atom. The van der Waals surface area contributed by atoms with Crippen LogP contribution in [0.2, 0.25) is 0 Å². The maximum Gasteiger partial charge on any atom is 0.234 e. The van der Waals surface area contributed by atoms with Gasteiger partial charge in [0, 0.05) is 31.0 Å². The van der Waals surface area contributed by atoms with Crippen molar-refractivity contribution in [2.24, 2.45) is 5.92 Å². The molecule has 0 spiro atoms. The van der Waals surface area contributed by atoms with Crippen molar-refractivity contribution in [3.05, 3.63) is 59.9 Å². The molecule has 3 aromatic rings. The van der Waals surface area contributed by atoms with E-state index in [2.05, 4.69) is 64.8 Å². The summed E-state index contributed by atoms with van der Waals surface area (Å²) in [6, 6.07) is 16.2. The molecule has 9 heteroatoms. The number of nitrogens with one attached hydrogen (secondary N) is 1. The van der Waals surface area contributed by atoms with Crippen molar-refractivity contribution < 1.29 is 14.3 Å². The molecular weight excluding hydrogens is 498 g/mol.